The quantitative estimate of drug-likeness (QED) is 0.830. The molecule has 0 aromatic carbocycles. The summed E-state index contributed by atoms with van der Waals surface area (Å²) in [6.45, 7) is 1.98. The van der Waals surface area contributed by atoms with Crippen LogP contribution in [0.5, 0.6) is 0 Å². The van der Waals surface area contributed by atoms with Crippen LogP contribution in [0.25, 0.3) is 0 Å². The first kappa shape index (κ1) is 16.4. The maximum atomic E-state index is 12.7. The summed E-state index contributed by atoms with van der Waals surface area (Å²) in [7, 11) is -3.06. The van der Waals surface area contributed by atoms with Crippen LogP contribution in [-0.2, 0) is 9.84 Å². The number of aryl methyl sites for hydroxylation is 1. The molecule has 0 radical (unpaired) electrons. The smallest absolute Gasteiger partial charge is 0.236 e. The molecule has 1 aliphatic carbocycles. The summed E-state index contributed by atoms with van der Waals surface area (Å²) in [5, 5.41) is 0. The van der Waals surface area contributed by atoms with E-state index in [0.29, 0.717) is 11.9 Å². The molecule has 2 heterocycles. The van der Waals surface area contributed by atoms with Crippen molar-refractivity contribution >= 4 is 15.7 Å². The second kappa shape index (κ2) is 6.59. The average Bonchev–Trinajstić information content (AvgIpc) is 2.88. The molecule has 1 atom stereocenters. The van der Waals surface area contributed by atoms with E-state index in [2.05, 4.69) is 0 Å². The largest absolute Gasteiger partial charge is 0.274 e. The summed E-state index contributed by atoms with van der Waals surface area (Å²) in [4.78, 5) is 17.5. The highest BCUT2D eigenvalue weighted by molar-refractivity contribution is 7.91. The van der Waals surface area contributed by atoms with Crippen molar-refractivity contribution in [1.82, 2.24) is 4.57 Å². The van der Waals surface area contributed by atoms with Crippen molar-refractivity contribution in [3.8, 4) is 0 Å². The molecule has 0 spiro atoms. The van der Waals surface area contributed by atoms with Crippen LogP contribution < -0.4 is 5.49 Å². The first-order valence-corrected chi connectivity index (χ1v) is 10.2. The van der Waals surface area contributed by atoms with Gasteiger partial charge in [-0.2, -0.15) is 0 Å². The minimum atomic E-state index is -3.06. The van der Waals surface area contributed by atoms with Gasteiger partial charge >= 0.3 is 0 Å². The molecule has 2 fully saturated rings. The Balaban J connectivity index is 1.92. The maximum absolute atomic E-state index is 12.7. The van der Waals surface area contributed by atoms with Crippen molar-refractivity contribution < 1.29 is 13.2 Å². The van der Waals surface area contributed by atoms with Gasteiger partial charge in [0.05, 0.1) is 23.5 Å². The Morgan fingerprint density at radius 2 is 1.96 bits per heavy atom. The average molecular weight is 336 g/mol. The first-order chi connectivity index (χ1) is 10.9. The van der Waals surface area contributed by atoms with Crippen LogP contribution in [0.3, 0.4) is 0 Å². The molecule has 2 aliphatic rings. The minimum Gasteiger partial charge on any atom is -0.274 e. The van der Waals surface area contributed by atoms with E-state index in [9.17, 15) is 13.2 Å². The molecule has 1 saturated heterocycles. The normalized spacial score (nSPS) is 25.6. The van der Waals surface area contributed by atoms with Crippen LogP contribution in [0, 0.1) is 12.8 Å². The number of aromatic nitrogens is 1. The predicted octanol–water partition coefficient (Wildman–Crippen LogP) is 2.10. The van der Waals surface area contributed by atoms with Gasteiger partial charge in [0.2, 0.25) is 5.91 Å². The van der Waals surface area contributed by atoms with Gasteiger partial charge in [0, 0.05) is 6.20 Å². The fourth-order valence-corrected chi connectivity index (χ4v) is 5.19. The third-order valence-corrected chi connectivity index (χ3v) is 6.57. The van der Waals surface area contributed by atoms with Crippen LogP contribution in [0.4, 0.5) is 0 Å². The van der Waals surface area contributed by atoms with Crippen molar-refractivity contribution in [3.05, 3.63) is 29.4 Å². The van der Waals surface area contributed by atoms with E-state index in [1.807, 2.05) is 19.1 Å². The van der Waals surface area contributed by atoms with E-state index in [1.54, 1.807) is 10.8 Å². The molecule has 23 heavy (non-hydrogen) atoms. The zero-order valence-electron chi connectivity index (χ0n) is 13.6. The van der Waals surface area contributed by atoms with Gasteiger partial charge in [-0.25, -0.2) is 8.42 Å². The van der Waals surface area contributed by atoms with Crippen LogP contribution in [0.15, 0.2) is 23.3 Å². The molecule has 6 heteroatoms. The fourth-order valence-electron chi connectivity index (χ4n) is 3.46. The zero-order chi connectivity index (χ0) is 16.4. The van der Waals surface area contributed by atoms with E-state index < -0.39 is 15.8 Å². The SMILES string of the molecule is Cc1ccn(C(=O)C2CCS(=O)(=O)C2)c(=NC2CCCCC2)c1. The van der Waals surface area contributed by atoms with Gasteiger partial charge in [-0.3, -0.25) is 14.4 Å². The molecule has 126 valence electrons. The molecular weight excluding hydrogens is 312 g/mol. The number of nitrogens with zero attached hydrogens (tertiary/aromatic N) is 2. The number of carbonyl (C=O) groups excluding carboxylic acids is 1. The van der Waals surface area contributed by atoms with Crippen LogP contribution in [0.2, 0.25) is 0 Å². The van der Waals surface area contributed by atoms with Gasteiger partial charge in [0.15, 0.2) is 9.84 Å². The molecule has 1 saturated carbocycles. The minimum absolute atomic E-state index is 0.0322. The lowest BCUT2D eigenvalue weighted by molar-refractivity contribution is 0.0842. The Kier molecular flexibility index (Phi) is 4.71. The van der Waals surface area contributed by atoms with E-state index in [0.717, 1.165) is 18.4 Å². The number of hydrogen-bond acceptors (Lipinski definition) is 4. The Bertz CT molecular complexity index is 758. The number of carbonyl (C=O) groups is 1. The molecule has 1 unspecified atom stereocenters. The molecule has 0 N–H and O–H groups in total. The summed E-state index contributed by atoms with van der Waals surface area (Å²) >= 11 is 0. The van der Waals surface area contributed by atoms with Crippen molar-refractivity contribution in [2.24, 2.45) is 10.9 Å². The first-order valence-electron chi connectivity index (χ1n) is 8.42. The highest BCUT2D eigenvalue weighted by Gasteiger charge is 2.33. The van der Waals surface area contributed by atoms with Crippen LogP contribution in [0.1, 0.15) is 48.9 Å². The number of rotatable bonds is 2. The number of pyridine rings is 1. The van der Waals surface area contributed by atoms with E-state index in [-0.39, 0.29) is 23.5 Å². The Morgan fingerprint density at radius 3 is 2.61 bits per heavy atom. The van der Waals surface area contributed by atoms with E-state index in [1.165, 1.54) is 19.3 Å². The van der Waals surface area contributed by atoms with Crippen molar-refractivity contribution in [2.75, 3.05) is 11.5 Å². The third-order valence-electron chi connectivity index (χ3n) is 4.80. The summed E-state index contributed by atoms with van der Waals surface area (Å²) in [6, 6.07) is 4.08. The highest BCUT2D eigenvalue weighted by Crippen LogP contribution is 2.21. The van der Waals surface area contributed by atoms with Crippen molar-refractivity contribution in [2.45, 2.75) is 51.5 Å². The van der Waals surface area contributed by atoms with Gasteiger partial charge in [-0.1, -0.05) is 19.3 Å². The molecule has 0 bridgehead atoms. The lowest BCUT2D eigenvalue weighted by Crippen LogP contribution is -2.33. The molecule has 3 rings (SSSR count). The summed E-state index contributed by atoms with van der Waals surface area (Å²) in [5.74, 6) is -0.491. The van der Waals surface area contributed by atoms with Gasteiger partial charge in [0.1, 0.15) is 5.49 Å². The Labute approximate surface area is 137 Å². The topological polar surface area (TPSA) is 68.5 Å². The van der Waals surface area contributed by atoms with Crippen LogP contribution in [-0.4, -0.2) is 36.4 Å². The molecule has 1 aromatic heterocycles. The summed E-state index contributed by atoms with van der Waals surface area (Å²) in [6.07, 6.45) is 7.94. The maximum Gasteiger partial charge on any atom is 0.236 e. The molecule has 1 aliphatic heterocycles. The Morgan fingerprint density at radius 1 is 1.22 bits per heavy atom. The van der Waals surface area contributed by atoms with Gasteiger partial charge < -0.3 is 0 Å². The lowest BCUT2D eigenvalue weighted by Gasteiger charge is -2.18. The van der Waals surface area contributed by atoms with Gasteiger partial charge in [-0.05, 0) is 43.9 Å². The fraction of sp³-hybridized carbons (Fsp3) is 0.647. The summed E-state index contributed by atoms with van der Waals surface area (Å²) < 4.78 is 24.9. The second-order valence-electron chi connectivity index (χ2n) is 6.79. The molecular formula is C17H24N2O3S. The van der Waals surface area contributed by atoms with Crippen molar-refractivity contribution in [3.63, 3.8) is 0 Å². The third kappa shape index (κ3) is 3.91. The summed E-state index contributed by atoms with van der Waals surface area (Å²) in [5.41, 5.74) is 1.73. The van der Waals surface area contributed by atoms with E-state index >= 15 is 0 Å². The number of hydrogen-bond donors (Lipinski definition) is 0. The molecule has 1 aromatic rings. The Hall–Kier alpha value is -1.43. The van der Waals surface area contributed by atoms with Gasteiger partial charge in [0.25, 0.3) is 0 Å². The predicted molar refractivity (Wildman–Crippen MR) is 89.0 cm³/mol. The number of sulfone groups is 1. The van der Waals surface area contributed by atoms with E-state index in [4.69, 9.17) is 4.99 Å². The standard InChI is InChI=1S/C17H24N2O3S/c1-13-7-9-19(17(20)14-8-10-23(21,22)12-14)16(11-13)18-15-5-3-2-4-6-15/h7,9,11,14-15H,2-6,8,10,12H2,1H3. The van der Waals surface area contributed by atoms with Crippen molar-refractivity contribution in [1.29, 1.82) is 0 Å². The molecule has 0 amide bonds. The zero-order valence-corrected chi connectivity index (χ0v) is 14.4. The lowest BCUT2D eigenvalue weighted by atomic mass is 9.96. The highest BCUT2D eigenvalue weighted by atomic mass is 32.2. The van der Waals surface area contributed by atoms with Crippen LogP contribution >= 0.6 is 0 Å². The van der Waals surface area contributed by atoms with Gasteiger partial charge in [-0.15, -0.1) is 0 Å². The monoisotopic (exact) mass is 336 g/mol. The second-order valence-corrected chi connectivity index (χ2v) is 9.02. The molecule has 5 nitrogen and oxygen atoms in total.